The van der Waals surface area contributed by atoms with E-state index in [9.17, 15) is 9.59 Å². The summed E-state index contributed by atoms with van der Waals surface area (Å²) in [6.07, 6.45) is 2.69. The first-order valence-electron chi connectivity index (χ1n) is 7.12. The molecule has 0 radical (unpaired) electrons. The second kappa shape index (κ2) is 6.13. The lowest BCUT2D eigenvalue weighted by Crippen LogP contribution is -2.39. The first kappa shape index (κ1) is 13.9. The Hall–Kier alpha value is -2.08. The van der Waals surface area contributed by atoms with Crippen molar-refractivity contribution in [3.8, 4) is 11.5 Å². The van der Waals surface area contributed by atoms with Gasteiger partial charge in [0.2, 0.25) is 12.7 Å². The molecule has 0 saturated carbocycles. The number of carbonyl (C=O) groups is 2. The molecule has 0 bridgehead atoms. The van der Waals surface area contributed by atoms with Crippen LogP contribution in [0.3, 0.4) is 0 Å². The molecule has 2 heterocycles. The monoisotopic (exact) mass is 290 g/mol. The second-order valence-corrected chi connectivity index (χ2v) is 5.37. The normalized spacial score (nSPS) is 18.5. The molecular weight excluding hydrogens is 272 g/mol. The molecule has 0 unspecified atom stereocenters. The molecule has 0 aliphatic carbocycles. The van der Waals surface area contributed by atoms with Crippen molar-refractivity contribution in [2.45, 2.75) is 12.8 Å². The van der Waals surface area contributed by atoms with E-state index in [1.807, 2.05) is 0 Å². The lowest BCUT2D eigenvalue weighted by molar-refractivity contribution is -0.117. The van der Waals surface area contributed by atoms with Gasteiger partial charge in [0, 0.05) is 17.7 Å². The van der Waals surface area contributed by atoms with Crippen LogP contribution < -0.4 is 14.8 Å². The molecule has 6 nitrogen and oxygen atoms in total. The molecule has 1 aromatic carbocycles. The van der Waals surface area contributed by atoms with E-state index in [1.165, 1.54) is 0 Å². The van der Waals surface area contributed by atoms with E-state index >= 15 is 0 Å². The number of nitrogens with one attached hydrogen (secondary N) is 1. The third-order valence-corrected chi connectivity index (χ3v) is 3.85. The van der Waals surface area contributed by atoms with Crippen LogP contribution in [0, 0.1) is 5.92 Å². The molecule has 21 heavy (non-hydrogen) atoms. The summed E-state index contributed by atoms with van der Waals surface area (Å²) in [5, 5.41) is 2.86. The van der Waals surface area contributed by atoms with Crippen LogP contribution in [-0.2, 0) is 9.59 Å². The predicted octanol–water partition coefficient (Wildman–Crippen LogP) is 1.26. The third kappa shape index (κ3) is 3.33. The standard InChI is InChI=1S/C15H18N2O4/c18-9-11-3-5-17(6-4-11)8-15(19)16-12-1-2-13-14(7-12)21-10-20-13/h1-2,7,9,11H,3-6,8,10H2,(H,16,19). The van der Waals surface area contributed by atoms with Gasteiger partial charge in [-0.15, -0.1) is 0 Å². The van der Waals surface area contributed by atoms with Crippen LogP contribution in [-0.4, -0.2) is 43.5 Å². The van der Waals surface area contributed by atoms with Gasteiger partial charge in [-0.3, -0.25) is 9.69 Å². The molecule has 1 N–H and O–H groups in total. The molecule has 1 aromatic rings. The number of benzene rings is 1. The second-order valence-electron chi connectivity index (χ2n) is 5.37. The number of fused-ring (bicyclic) bond motifs is 1. The SMILES string of the molecule is O=CC1CCN(CC(=O)Nc2ccc3c(c2)OCO3)CC1. The maximum absolute atomic E-state index is 12.0. The number of hydrogen-bond acceptors (Lipinski definition) is 5. The summed E-state index contributed by atoms with van der Waals surface area (Å²) in [6.45, 7) is 2.15. The molecular formula is C15H18N2O4. The highest BCUT2D eigenvalue weighted by molar-refractivity contribution is 5.92. The Morgan fingerprint density at radius 3 is 2.81 bits per heavy atom. The van der Waals surface area contributed by atoms with Gasteiger partial charge >= 0.3 is 0 Å². The van der Waals surface area contributed by atoms with Crippen molar-refractivity contribution in [2.24, 2.45) is 5.92 Å². The average molecular weight is 290 g/mol. The number of likely N-dealkylation sites (tertiary alicyclic amines) is 1. The molecule has 112 valence electrons. The summed E-state index contributed by atoms with van der Waals surface area (Å²) >= 11 is 0. The topological polar surface area (TPSA) is 67.9 Å². The van der Waals surface area contributed by atoms with E-state index in [1.54, 1.807) is 18.2 Å². The Morgan fingerprint density at radius 1 is 1.29 bits per heavy atom. The van der Waals surface area contributed by atoms with Crippen molar-refractivity contribution in [3.63, 3.8) is 0 Å². The molecule has 0 aromatic heterocycles. The summed E-state index contributed by atoms with van der Waals surface area (Å²) < 4.78 is 10.5. The van der Waals surface area contributed by atoms with Gasteiger partial charge in [0.15, 0.2) is 11.5 Å². The maximum atomic E-state index is 12.0. The molecule has 2 aliphatic heterocycles. The minimum atomic E-state index is -0.0570. The summed E-state index contributed by atoms with van der Waals surface area (Å²) in [5.41, 5.74) is 0.701. The van der Waals surface area contributed by atoms with Crippen LogP contribution in [0.5, 0.6) is 11.5 Å². The lowest BCUT2D eigenvalue weighted by Gasteiger charge is -2.28. The smallest absolute Gasteiger partial charge is 0.238 e. The van der Waals surface area contributed by atoms with Crippen LogP contribution in [0.4, 0.5) is 5.69 Å². The van der Waals surface area contributed by atoms with Crippen molar-refractivity contribution in [1.82, 2.24) is 4.90 Å². The summed E-state index contributed by atoms with van der Waals surface area (Å²) in [5.74, 6) is 1.44. The number of rotatable bonds is 4. The highest BCUT2D eigenvalue weighted by Gasteiger charge is 2.20. The quantitative estimate of drug-likeness (QED) is 0.846. The van der Waals surface area contributed by atoms with E-state index < -0.39 is 0 Å². The Balaban J connectivity index is 1.51. The van der Waals surface area contributed by atoms with Gasteiger partial charge < -0.3 is 19.6 Å². The fourth-order valence-corrected chi connectivity index (χ4v) is 2.63. The molecule has 1 fully saturated rings. The van der Waals surface area contributed by atoms with Crippen molar-refractivity contribution in [3.05, 3.63) is 18.2 Å². The molecule has 1 amide bonds. The minimum Gasteiger partial charge on any atom is -0.454 e. The zero-order valence-electron chi connectivity index (χ0n) is 11.7. The number of amides is 1. The first-order chi connectivity index (χ1) is 10.2. The van der Waals surface area contributed by atoms with Gasteiger partial charge in [-0.25, -0.2) is 0 Å². The molecule has 6 heteroatoms. The maximum Gasteiger partial charge on any atom is 0.238 e. The van der Waals surface area contributed by atoms with Crippen LogP contribution in [0.1, 0.15) is 12.8 Å². The molecule has 3 rings (SSSR count). The molecule has 1 saturated heterocycles. The zero-order chi connectivity index (χ0) is 14.7. The highest BCUT2D eigenvalue weighted by atomic mass is 16.7. The highest BCUT2D eigenvalue weighted by Crippen LogP contribution is 2.34. The molecule has 2 aliphatic rings. The number of carbonyl (C=O) groups excluding carboxylic acids is 2. The van der Waals surface area contributed by atoms with Gasteiger partial charge in [0.05, 0.1) is 6.54 Å². The van der Waals surface area contributed by atoms with Crippen molar-refractivity contribution in [2.75, 3.05) is 31.7 Å². The van der Waals surface area contributed by atoms with Crippen LogP contribution in [0.15, 0.2) is 18.2 Å². The number of hydrogen-bond donors (Lipinski definition) is 1. The zero-order valence-corrected chi connectivity index (χ0v) is 11.7. The van der Waals surface area contributed by atoms with E-state index in [0.717, 1.165) is 32.2 Å². The van der Waals surface area contributed by atoms with Crippen LogP contribution in [0.2, 0.25) is 0 Å². The Morgan fingerprint density at radius 2 is 2.05 bits per heavy atom. The van der Waals surface area contributed by atoms with Crippen molar-refractivity contribution < 1.29 is 19.1 Å². The van der Waals surface area contributed by atoms with E-state index in [4.69, 9.17) is 9.47 Å². The lowest BCUT2D eigenvalue weighted by atomic mass is 9.99. The largest absolute Gasteiger partial charge is 0.454 e. The molecule has 0 spiro atoms. The Kier molecular flexibility index (Phi) is 4.06. The van der Waals surface area contributed by atoms with E-state index in [2.05, 4.69) is 10.2 Å². The number of anilines is 1. The van der Waals surface area contributed by atoms with Gasteiger partial charge in [0.25, 0.3) is 0 Å². The number of piperidine rings is 1. The summed E-state index contributed by atoms with van der Waals surface area (Å²) in [7, 11) is 0. The van der Waals surface area contributed by atoms with Gasteiger partial charge in [-0.2, -0.15) is 0 Å². The van der Waals surface area contributed by atoms with E-state index in [0.29, 0.717) is 23.7 Å². The fraction of sp³-hybridized carbons (Fsp3) is 0.467. The molecule has 0 atom stereocenters. The Labute approximate surface area is 123 Å². The Bertz CT molecular complexity index is 538. The minimum absolute atomic E-state index is 0.0570. The predicted molar refractivity (Wildman–Crippen MR) is 76.4 cm³/mol. The van der Waals surface area contributed by atoms with Gasteiger partial charge in [-0.05, 0) is 38.1 Å². The number of nitrogens with zero attached hydrogens (tertiary/aromatic N) is 1. The third-order valence-electron chi connectivity index (χ3n) is 3.85. The van der Waals surface area contributed by atoms with Crippen LogP contribution >= 0.6 is 0 Å². The average Bonchev–Trinajstić information content (AvgIpc) is 2.95. The fourth-order valence-electron chi connectivity index (χ4n) is 2.63. The first-order valence-corrected chi connectivity index (χ1v) is 7.12. The van der Waals surface area contributed by atoms with Crippen molar-refractivity contribution >= 4 is 17.9 Å². The van der Waals surface area contributed by atoms with Gasteiger partial charge in [0.1, 0.15) is 6.29 Å². The summed E-state index contributed by atoms with van der Waals surface area (Å²) in [6, 6.07) is 5.34. The van der Waals surface area contributed by atoms with E-state index in [-0.39, 0.29) is 18.6 Å². The van der Waals surface area contributed by atoms with Crippen LogP contribution in [0.25, 0.3) is 0 Å². The van der Waals surface area contributed by atoms with Crippen molar-refractivity contribution in [1.29, 1.82) is 0 Å². The number of aldehydes is 1. The number of ether oxygens (including phenoxy) is 2. The summed E-state index contributed by atoms with van der Waals surface area (Å²) in [4.78, 5) is 24.8. The van der Waals surface area contributed by atoms with Gasteiger partial charge in [-0.1, -0.05) is 0 Å².